The average Bonchev–Trinajstić information content (AvgIpc) is 2.73. The highest BCUT2D eigenvalue weighted by Gasteiger charge is 2.15. The number of rotatable bonds is 5. The number of hydrogen-bond acceptors (Lipinski definition) is 3. The van der Waals surface area contributed by atoms with E-state index in [9.17, 15) is 0 Å². The summed E-state index contributed by atoms with van der Waals surface area (Å²) >= 11 is 5.31. The topological polar surface area (TPSA) is 15.3 Å². The van der Waals surface area contributed by atoms with Gasteiger partial charge in [-0.25, -0.2) is 0 Å². The van der Waals surface area contributed by atoms with Crippen molar-refractivity contribution in [3.05, 3.63) is 20.8 Å². The van der Waals surface area contributed by atoms with E-state index in [1.54, 1.807) is 0 Å². The first-order chi connectivity index (χ1) is 8.24. The van der Waals surface area contributed by atoms with Crippen LogP contribution in [0.5, 0.6) is 0 Å². The molecule has 0 saturated carbocycles. The van der Waals surface area contributed by atoms with Crippen molar-refractivity contribution in [2.24, 2.45) is 5.92 Å². The van der Waals surface area contributed by atoms with E-state index in [4.69, 9.17) is 0 Å². The van der Waals surface area contributed by atoms with Crippen molar-refractivity contribution in [3.63, 3.8) is 0 Å². The minimum Gasteiger partial charge on any atom is -0.312 e. The molecule has 1 fully saturated rings. The van der Waals surface area contributed by atoms with Gasteiger partial charge in [0, 0.05) is 21.3 Å². The summed E-state index contributed by atoms with van der Waals surface area (Å²) in [6.45, 7) is 4.73. The van der Waals surface area contributed by atoms with Gasteiger partial charge in [0.15, 0.2) is 0 Å². The molecule has 2 nitrogen and oxygen atoms in total. The number of hydrogen-bond donors (Lipinski definition) is 1. The third kappa shape index (κ3) is 4.70. The van der Waals surface area contributed by atoms with Crippen molar-refractivity contribution in [1.82, 2.24) is 10.2 Å². The van der Waals surface area contributed by atoms with Crippen LogP contribution >= 0.6 is 27.3 Å². The largest absolute Gasteiger partial charge is 0.312 e. The van der Waals surface area contributed by atoms with Crippen molar-refractivity contribution in [3.8, 4) is 0 Å². The molecule has 0 amide bonds. The maximum absolute atomic E-state index is 3.55. The van der Waals surface area contributed by atoms with Crippen LogP contribution in [0.2, 0.25) is 0 Å². The average molecular weight is 317 g/mol. The highest BCUT2D eigenvalue weighted by molar-refractivity contribution is 9.10. The molecule has 0 aliphatic carbocycles. The van der Waals surface area contributed by atoms with Gasteiger partial charge in [0.2, 0.25) is 0 Å². The van der Waals surface area contributed by atoms with Gasteiger partial charge in [-0.1, -0.05) is 0 Å². The second-order valence-corrected chi connectivity index (χ2v) is 6.85. The van der Waals surface area contributed by atoms with Crippen LogP contribution in [0.1, 0.15) is 24.1 Å². The molecule has 0 aromatic carbocycles. The molecule has 1 aromatic heterocycles. The van der Waals surface area contributed by atoms with E-state index in [0.717, 1.165) is 19.0 Å². The molecule has 4 heteroatoms. The maximum Gasteiger partial charge on any atom is 0.0300 e. The Morgan fingerprint density at radius 1 is 1.47 bits per heavy atom. The molecule has 1 N–H and O–H groups in total. The summed E-state index contributed by atoms with van der Waals surface area (Å²) < 4.78 is 1.20. The van der Waals surface area contributed by atoms with E-state index in [2.05, 4.69) is 44.6 Å². The molecule has 0 atom stereocenters. The van der Waals surface area contributed by atoms with Crippen LogP contribution in [-0.2, 0) is 6.54 Å². The van der Waals surface area contributed by atoms with E-state index in [1.807, 2.05) is 11.3 Å². The Hall–Kier alpha value is 0.1000. The summed E-state index contributed by atoms with van der Waals surface area (Å²) in [5.74, 6) is 0.939. The number of piperidine rings is 1. The molecule has 0 spiro atoms. The fourth-order valence-electron chi connectivity index (χ4n) is 2.32. The Balaban J connectivity index is 1.57. The fraction of sp³-hybridized carbons (Fsp3) is 0.692. The van der Waals surface area contributed by atoms with Crippen LogP contribution in [0.4, 0.5) is 0 Å². The number of nitrogens with one attached hydrogen (secondary N) is 1. The van der Waals surface area contributed by atoms with E-state index in [1.165, 1.54) is 41.7 Å². The molecule has 17 heavy (non-hydrogen) atoms. The van der Waals surface area contributed by atoms with Crippen LogP contribution < -0.4 is 5.32 Å². The van der Waals surface area contributed by atoms with Gasteiger partial charge in [-0.3, -0.25) is 0 Å². The molecule has 0 unspecified atom stereocenters. The molecular formula is C13H21BrN2S. The molecule has 2 heterocycles. The van der Waals surface area contributed by atoms with Crippen molar-refractivity contribution < 1.29 is 0 Å². The summed E-state index contributed by atoms with van der Waals surface area (Å²) in [6, 6.07) is 2.20. The van der Waals surface area contributed by atoms with Crippen LogP contribution in [-0.4, -0.2) is 31.6 Å². The summed E-state index contributed by atoms with van der Waals surface area (Å²) in [5, 5.41) is 5.70. The number of halogens is 1. The van der Waals surface area contributed by atoms with Gasteiger partial charge >= 0.3 is 0 Å². The van der Waals surface area contributed by atoms with Crippen LogP contribution in [0, 0.1) is 5.92 Å². The summed E-state index contributed by atoms with van der Waals surface area (Å²) in [7, 11) is 2.23. The lowest BCUT2D eigenvalue weighted by Gasteiger charge is -2.28. The molecule has 1 aromatic rings. The Kier molecular flexibility index (Phi) is 5.48. The van der Waals surface area contributed by atoms with Gasteiger partial charge in [0.1, 0.15) is 0 Å². The summed E-state index contributed by atoms with van der Waals surface area (Å²) in [6.07, 6.45) is 4.09. The minimum atomic E-state index is 0.939. The zero-order chi connectivity index (χ0) is 12.1. The first-order valence-corrected chi connectivity index (χ1v) is 8.03. The highest BCUT2D eigenvalue weighted by Crippen LogP contribution is 2.20. The minimum absolute atomic E-state index is 0.939. The standard InChI is InChI=1S/C13H21BrN2S/c1-16-6-3-11(4-7-16)2-5-15-9-13-8-12(14)10-17-13/h8,10-11,15H,2-7,9H2,1H3. The van der Waals surface area contributed by atoms with Gasteiger partial charge in [-0.2, -0.15) is 0 Å². The molecule has 1 saturated heterocycles. The molecule has 1 aliphatic rings. The molecule has 0 bridgehead atoms. The molecule has 2 rings (SSSR count). The number of thiophene rings is 1. The molecule has 1 aliphatic heterocycles. The Morgan fingerprint density at radius 3 is 2.88 bits per heavy atom. The zero-order valence-corrected chi connectivity index (χ0v) is 12.8. The third-order valence-electron chi connectivity index (χ3n) is 3.49. The van der Waals surface area contributed by atoms with Gasteiger partial charge in [-0.05, 0) is 73.9 Å². The smallest absolute Gasteiger partial charge is 0.0300 e. The third-order valence-corrected chi connectivity index (χ3v) is 5.19. The fourth-order valence-corrected chi connectivity index (χ4v) is 3.74. The lowest BCUT2D eigenvalue weighted by atomic mass is 9.94. The van der Waals surface area contributed by atoms with Crippen molar-refractivity contribution in [2.45, 2.75) is 25.8 Å². The molecular weight excluding hydrogens is 296 g/mol. The lowest BCUT2D eigenvalue weighted by molar-refractivity contribution is 0.211. The Morgan fingerprint density at radius 2 is 2.24 bits per heavy atom. The number of nitrogens with zero attached hydrogens (tertiary/aromatic N) is 1. The van der Waals surface area contributed by atoms with Crippen LogP contribution in [0.15, 0.2) is 15.9 Å². The highest BCUT2D eigenvalue weighted by atomic mass is 79.9. The maximum atomic E-state index is 3.55. The van der Waals surface area contributed by atoms with E-state index in [0.29, 0.717) is 0 Å². The predicted molar refractivity (Wildman–Crippen MR) is 78.6 cm³/mol. The van der Waals surface area contributed by atoms with Crippen molar-refractivity contribution in [1.29, 1.82) is 0 Å². The Bertz CT molecular complexity index is 332. The summed E-state index contributed by atoms with van der Waals surface area (Å²) in [4.78, 5) is 3.85. The second kappa shape index (κ2) is 6.88. The van der Waals surface area contributed by atoms with Gasteiger partial charge in [0.05, 0.1) is 0 Å². The van der Waals surface area contributed by atoms with Crippen molar-refractivity contribution >= 4 is 27.3 Å². The second-order valence-electron chi connectivity index (χ2n) is 4.94. The van der Waals surface area contributed by atoms with Gasteiger partial charge in [-0.15, -0.1) is 11.3 Å². The zero-order valence-electron chi connectivity index (χ0n) is 10.4. The lowest BCUT2D eigenvalue weighted by Crippen LogP contribution is -2.31. The number of likely N-dealkylation sites (tertiary alicyclic amines) is 1. The SMILES string of the molecule is CN1CCC(CCNCc2cc(Br)cs2)CC1. The first-order valence-electron chi connectivity index (χ1n) is 6.36. The van der Waals surface area contributed by atoms with Gasteiger partial charge in [0.25, 0.3) is 0 Å². The van der Waals surface area contributed by atoms with Gasteiger partial charge < -0.3 is 10.2 Å². The predicted octanol–water partition coefficient (Wildman–Crippen LogP) is 3.33. The Labute approximate surface area is 117 Å². The van der Waals surface area contributed by atoms with Crippen LogP contribution in [0.3, 0.4) is 0 Å². The van der Waals surface area contributed by atoms with Crippen LogP contribution in [0.25, 0.3) is 0 Å². The van der Waals surface area contributed by atoms with E-state index in [-0.39, 0.29) is 0 Å². The molecule has 96 valence electrons. The van der Waals surface area contributed by atoms with E-state index >= 15 is 0 Å². The van der Waals surface area contributed by atoms with E-state index < -0.39 is 0 Å². The normalized spacial score (nSPS) is 18.7. The summed E-state index contributed by atoms with van der Waals surface area (Å²) in [5.41, 5.74) is 0. The first kappa shape index (κ1) is 13.5. The monoisotopic (exact) mass is 316 g/mol. The van der Waals surface area contributed by atoms with Crippen molar-refractivity contribution in [2.75, 3.05) is 26.7 Å². The molecule has 0 radical (unpaired) electrons. The quantitative estimate of drug-likeness (QED) is 0.838.